The van der Waals surface area contributed by atoms with Gasteiger partial charge in [0.1, 0.15) is 0 Å². The van der Waals surface area contributed by atoms with Crippen molar-refractivity contribution in [2.24, 2.45) is 0 Å². The largest absolute Gasteiger partial charge is 0.623 e. The minimum absolute atomic E-state index is 0.445. The number of rotatable bonds is 6. The lowest BCUT2D eigenvalue weighted by molar-refractivity contribution is -0.579. The van der Waals surface area contributed by atoms with Crippen molar-refractivity contribution in [2.75, 3.05) is 25.5 Å². The van der Waals surface area contributed by atoms with E-state index in [1.807, 2.05) is 49.3 Å². The molecule has 0 aliphatic carbocycles. The topological polar surface area (TPSA) is 72.5 Å². The van der Waals surface area contributed by atoms with E-state index < -0.39 is 17.5 Å². The normalized spacial score (nSPS) is 12.7. The van der Waals surface area contributed by atoms with Gasteiger partial charge in [-0.2, -0.15) is 4.74 Å². The van der Waals surface area contributed by atoms with Gasteiger partial charge in [-0.05, 0) is 24.3 Å². The van der Waals surface area contributed by atoms with Crippen molar-refractivity contribution < 1.29 is 9.66 Å². The maximum Gasteiger partial charge on any atom is 0.269 e. The van der Waals surface area contributed by atoms with Crippen LogP contribution in [0.3, 0.4) is 0 Å². The average Bonchev–Trinajstić information content (AvgIpc) is 2.53. The lowest BCUT2D eigenvalue weighted by atomic mass is 10.1. The zero-order chi connectivity index (χ0) is 16.8. The monoisotopic (exact) mass is 313 g/mol. The van der Waals surface area contributed by atoms with Crippen molar-refractivity contribution in [3.63, 3.8) is 0 Å². The third-order valence-electron chi connectivity index (χ3n) is 3.50. The summed E-state index contributed by atoms with van der Waals surface area (Å²) in [6.07, 6.45) is 1.39. The quantitative estimate of drug-likeness (QED) is 0.270. The second kappa shape index (κ2) is 7.40. The average molecular weight is 313 g/mol. The molecule has 1 atom stereocenters. The molecule has 23 heavy (non-hydrogen) atoms. The van der Waals surface area contributed by atoms with Gasteiger partial charge in [-0.1, -0.05) is 30.3 Å². The van der Waals surface area contributed by atoms with E-state index in [2.05, 4.69) is 0 Å². The van der Waals surface area contributed by atoms with Crippen molar-refractivity contribution in [2.45, 2.75) is 6.04 Å². The molecule has 1 unspecified atom stereocenters. The van der Waals surface area contributed by atoms with Crippen LogP contribution >= 0.6 is 0 Å². The van der Waals surface area contributed by atoms with Crippen LogP contribution in [0.1, 0.15) is 17.2 Å². The van der Waals surface area contributed by atoms with Crippen LogP contribution in [-0.2, 0) is 0 Å². The van der Waals surface area contributed by atoms with Gasteiger partial charge in [-0.15, -0.1) is 0 Å². The van der Waals surface area contributed by atoms with E-state index in [4.69, 9.17) is 0 Å². The van der Waals surface area contributed by atoms with E-state index in [9.17, 15) is 15.3 Å². The third kappa shape index (κ3) is 4.54. The minimum Gasteiger partial charge on any atom is -0.623 e. The molecule has 6 heteroatoms. The van der Waals surface area contributed by atoms with Crippen LogP contribution in [0.15, 0.2) is 54.6 Å². The van der Waals surface area contributed by atoms with Gasteiger partial charge in [-0.25, -0.2) is 0 Å². The van der Waals surface area contributed by atoms with Crippen LogP contribution < -0.4 is 4.90 Å². The predicted octanol–water partition coefficient (Wildman–Crippen LogP) is 2.70. The molecule has 0 fully saturated rings. The fourth-order valence-corrected chi connectivity index (χ4v) is 2.24. The summed E-state index contributed by atoms with van der Waals surface area (Å²) < 4.78 is 0.656. The maximum atomic E-state index is 12.4. The van der Waals surface area contributed by atoms with Crippen LogP contribution in [-0.4, -0.2) is 36.5 Å². The molecular formula is C17H19N3O3. The Morgan fingerprint density at radius 2 is 1.65 bits per heavy atom. The molecule has 0 saturated carbocycles. The van der Waals surface area contributed by atoms with Gasteiger partial charge in [0.25, 0.3) is 12.6 Å². The second-order valence-corrected chi connectivity index (χ2v) is 5.42. The summed E-state index contributed by atoms with van der Waals surface area (Å²) in [4.78, 5) is 12.4. The molecule has 0 amide bonds. The summed E-state index contributed by atoms with van der Waals surface area (Å²) in [5.74, 6) is 0. The van der Waals surface area contributed by atoms with Gasteiger partial charge in [0, 0.05) is 35.8 Å². The molecule has 120 valence electrons. The van der Waals surface area contributed by atoms with E-state index >= 15 is 0 Å². The molecule has 0 heterocycles. The minimum atomic E-state index is -0.847. The van der Waals surface area contributed by atoms with Crippen molar-refractivity contribution in [3.05, 3.63) is 81.0 Å². The first-order valence-electron chi connectivity index (χ1n) is 7.22. The summed E-state index contributed by atoms with van der Waals surface area (Å²) in [5.41, 5.74) is 2.35. The zero-order valence-electron chi connectivity index (χ0n) is 13.1. The Morgan fingerprint density at radius 1 is 1.04 bits per heavy atom. The number of hydrogen-bond acceptors (Lipinski definition) is 4. The fraction of sp³-hybridized carbons (Fsp3) is 0.235. The summed E-state index contributed by atoms with van der Waals surface area (Å²) in [7, 11) is 3.86. The fourth-order valence-electron chi connectivity index (χ4n) is 2.24. The Hall–Kier alpha value is -2.89. The Morgan fingerprint density at radius 3 is 2.17 bits per heavy atom. The van der Waals surface area contributed by atoms with Crippen LogP contribution in [0.25, 0.3) is 0 Å². The molecule has 2 aromatic rings. The first-order valence-corrected chi connectivity index (χ1v) is 7.22. The lowest BCUT2D eigenvalue weighted by Gasteiger charge is -2.14. The Bertz CT molecular complexity index is 682. The number of anilines is 1. The maximum absolute atomic E-state index is 12.4. The van der Waals surface area contributed by atoms with Gasteiger partial charge in [0.2, 0.25) is 0 Å². The predicted molar refractivity (Wildman–Crippen MR) is 90.6 cm³/mol. The standard InChI is InChI=1S/C17H19N3O3/c1-18(2)16-10-8-14(9-11-16)12-19(21)17(13-20(22)23)15-6-4-3-5-7-15/h3-12,17H,13H2,1-2H3/b19-12+. The summed E-state index contributed by atoms with van der Waals surface area (Å²) in [6, 6.07) is 15.4. The highest BCUT2D eigenvalue weighted by molar-refractivity contribution is 5.76. The number of hydrogen-bond donors (Lipinski definition) is 0. The highest BCUT2D eigenvalue weighted by Crippen LogP contribution is 2.17. The summed E-state index contributed by atoms with van der Waals surface area (Å²) in [6.45, 7) is -0.445. The van der Waals surface area contributed by atoms with Gasteiger partial charge in [0.05, 0.1) is 0 Å². The summed E-state index contributed by atoms with van der Waals surface area (Å²) in [5, 5.41) is 23.3. The van der Waals surface area contributed by atoms with Crippen molar-refractivity contribution in [1.82, 2.24) is 0 Å². The van der Waals surface area contributed by atoms with Crippen LogP contribution in [0, 0.1) is 15.3 Å². The van der Waals surface area contributed by atoms with Gasteiger partial charge in [0.15, 0.2) is 6.21 Å². The number of nitro groups is 1. The van der Waals surface area contributed by atoms with Gasteiger partial charge in [-0.3, -0.25) is 10.1 Å². The Labute approximate surface area is 135 Å². The zero-order valence-corrected chi connectivity index (χ0v) is 13.1. The molecule has 2 aromatic carbocycles. The molecule has 0 aromatic heterocycles. The van der Waals surface area contributed by atoms with Crippen LogP contribution in [0.4, 0.5) is 5.69 Å². The first-order chi connectivity index (χ1) is 11.0. The second-order valence-electron chi connectivity index (χ2n) is 5.42. The van der Waals surface area contributed by atoms with Crippen LogP contribution in [0.2, 0.25) is 0 Å². The van der Waals surface area contributed by atoms with Gasteiger partial charge < -0.3 is 10.1 Å². The molecule has 6 nitrogen and oxygen atoms in total. The molecule has 0 aliphatic heterocycles. The Kier molecular flexibility index (Phi) is 5.30. The molecule has 0 aliphatic rings. The van der Waals surface area contributed by atoms with E-state index in [1.165, 1.54) is 6.21 Å². The Balaban J connectivity index is 2.28. The van der Waals surface area contributed by atoms with E-state index in [0.29, 0.717) is 15.9 Å². The molecule has 0 bridgehead atoms. The number of nitrogens with zero attached hydrogens (tertiary/aromatic N) is 3. The van der Waals surface area contributed by atoms with E-state index in [0.717, 1.165) is 5.69 Å². The molecule has 0 N–H and O–H groups in total. The van der Waals surface area contributed by atoms with Crippen LogP contribution in [0.5, 0.6) is 0 Å². The van der Waals surface area contributed by atoms with Crippen molar-refractivity contribution in [3.8, 4) is 0 Å². The third-order valence-corrected chi connectivity index (χ3v) is 3.50. The molecule has 0 radical (unpaired) electrons. The SMILES string of the molecule is CN(C)c1ccc(/C=[N+](/[O-])C(C[N+](=O)[O-])c2ccccc2)cc1. The van der Waals surface area contributed by atoms with Crippen molar-refractivity contribution in [1.29, 1.82) is 0 Å². The highest BCUT2D eigenvalue weighted by Gasteiger charge is 2.25. The van der Waals surface area contributed by atoms with Gasteiger partial charge >= 0.3 is 0 Å². The number of benzene rings is 2. The number of hydroxylamine groups is 1. The molecular weight excluding hydrogens is 294 g/mol. The lowest BCUT2D eigenvalue weighted by Crippen LogP contribution is -2.23. The molecule has 0 spiro atoms. The van der Waals surface area contributed by atoms with Crippen molar-refractivity contribution >= 4 is 11.9 Å². The summed E-state index contributed by atoms with van der Waals surface area (Å²) >= 11 is 0. The highest BCUT2D eigenvalue weighted by atomic mass is 16.6. The molecule has 0 saturated heterocycles. The van der Waals surface area contributed by atoms with E-state index in [-0.39, 0.29) is 0 Å². The molecule has 2 rings (SSSR count). The first kappa shape index (κ1) is 16.5. The smallest absolute Gasteiger partial charge is 0.269 e. The van der Waals surface area contributed by atoms with E-state index in [1.54, 1.807) is 24.3 Å².